The Labute approximate surface area is 150 Å². The van der Waals surface area contributed by atoms with Gasteiger partial charge in [0.2, 0.25) is 5.91 Å². The fourth-order valence-electron chi connectivity index (χ4n) is 1.87. The Balaban J connectivity index is 1.79. The van der Waals surface area contributed by atoms with E-state index in [9.17, 15) is 9.59 Å². The van der Waals surface area contributed by atoms with Crippen molar-refractivity contribution in [2.24, 2.45) is 0 Å². The molecule has 7 nitrogen and oxygen atoms in total. The number of benzene rings is 1. The molecule has 0 unspecified atom stereocenters. The first-order valence-electron chi connectivity index (χ1n) is 7.27. The Morgan fingerprint density at radius 2 is 1.88 bits per heavy atom. The molecule has 0 aliphatic rings. The molecule has 0 radical (unpaired) electrons. The van der Waals surface area contributed by atoms with E-state index in [4.69, 9.17) is 21.4 Å². The van der Waals surface area contributed by atoms with E-state index in [0.717, 1.165) is 11.3 Å². The molecule has 0 bridgehead atoms. The van der Waals surface area contributed by atoms with Crippen molar-refractivity contribution in [3.8, 4) is 5.75 Å². The highest BCUT2D eigenvalue weighted by atomic mass is 32.1. The molecule has 1 aromatic carbocycles. The fraction of sp³-hybridized carbons (Fsp3) is 0.118. The van der Waals surface area contributed by atoms with E-state index >= 15 is 0 Å². The van der Waals surface area contributed by atoms with Gasteiger partial charge in [-0.3, -0.25) is 25.8 Å². The Kier molecular flexibility index (Phi) is 6.30. The molecule has 0 atom stereocenters. The molecule has 0 aliphatic heterocycles. The number of hydrogen-bond acceptors (Lipinski definition) is 5. The van der Waals surface area contributed by atoms with Gasteiger partial charge in [-0.2, -0.15) is 0 Å². The Bertz CT molecular complexity index is 796. The quantitative estimate of drug-likeness (QED) is 0.439. The van der Waals surface area contributed by atoms with Crippen LogP contribution in [0.3, 0.4) is 0 Å². The van der Waals surface area contributed by atoms with E-state index in [1.165, 1.54) is 18.4 Å². The summed E-state index contributed by atoms with van der Waals surface area (Å²) in [5.41, 5.74) is 6.03. The molecule has 2 amide bonds. The summed E-state index contributed by atoms with van der Waals surface area (Å²) >= 11 is 4.94. The molecule has 2 rings (SSSR count). The maximum absolute atomic E-state index is 11.8. The molecule has 0 saturated heterocycles. The number of furan rings is 1. The molecular formula is C17H17N3O4S. The summed E-state index contributed by atoms with van der Waals surface area (Å²) in [4.78, 5) is 23.6. The highest BCUT2D eigenvalue weighted by Gasteiger charge is 2.11. The van der Waals surface area contributed by atoms with Gasteiger partial charge in [-0.15, -0.1) is 0 Å². The molecule has 3 N–H and O–H groups in total. The lowest BCUT2D eigenvalue weighted by Crippen LogP contribution is -2.48. The van der Waals surface area contributed by atoms with Crippen LogP contribution in [-0.4, -0.2) is 24.0 Å². The smallest absolute Gasteiger partial charge is 0.273 e. The van der Waals surface area contributed by atoms with Crippen LogP contribution in [0.2, 0.25) is 0 Å². The predicted octanol–water partition coefficient (Wildman–Crippen LogP) is 1.95. The lowest BCUT2D eigenvalue weighted by molar-refractivity contribution is -0.115. The second-order valence-electron chi connectivity index (χ2n) is 4.89. The Hall–Kier alpha value is -3.13. The van der Waals surface area contributed by atoms with Gasteiger partial charge in [0.15, 0.2) is 5.11 Å². The van der Waals surface area contributed by atoms with Gasteiger partial charge >= 0.3 is 0 Å². The van der Waals surface area contributed by atoms with E-state index < -0.39 is 11.8 Å². The molecule has 1 heterocycles. The van der Waals surface area contributed by atoms with Crippen molar-refractivity contribution < 1.29 is 18.7 Å². The van der Waals surface area contributed by atoms with Gasteiger partial charge in [-0.1, -0.05) is 12.1 Å². The lowest BCUT2D eigenvalue weighted by Gasteiger charge is -2.09. The number of ether oxygens (including phenoxy) is 1. The third kappa shape index (κ3) is 5.47. The standard InChI is InChI=1S/C17H17N3O4S/c1-11-14(9-10-24-11)16(22)19-20-17(25)18-15(21)8-5-12-3-6-13(23-2)7-4-12/h3-10H,1-2H3,(H,19,22)(H2,18,20,21,25)/b8-5+. The maximum Gasteiger partial charge on any atom is 0.273 e. The second-order valence-corrected chi connectivity index (χ2v) is 5.30. The SMILES string of the molecule is COc1ccc(/C=C/C(=O)NC(=S)NNC(=O)c2ccoc2C)cc1. The molecule has 130 valence electrons. The summed E-state index contributed by atoms with van der Waals surface area (Å²) in [5, 5.41) is 2.39. The number of rotatable bonds is 4. The Morgan fingerprint density at radius 1 is 1.16 bits per heavy atom. The monoisotopic (exact) mass is 359 g/mol. The summed E-state index contributed by atoms with van der Waals surface area (Å²) in [7, 11) is 1.58. The van der Waals surface area contributed by atoms with Crippen LogP contribution in [0.25, 0.3) is 6.08 Å². The number of carbonyl (C=O) groups excluding carboxylic acids is 2. The number of nitrogens with one attached hydrogen (secondary N) is 3. The summed E-state index contributed by atoms with van der Waals surface area (Å²) in [6, 6.07) is 8.74. The number of hydrogen-bond donors (Lipinski definition) is 3. The largest absolute Gasteiger partial charge is 0.497 e. The number of thiocarbonyl (C=S) groups is 1. The topological polar surface area (TPSA) is 92.6 Å². The van der Waals surface area contributed by atoms with Gasteiger partial charge in [0.25, 0.3) is 5.91 Å². The fourth-order valence-corrected chi connectivity index (χ4v) is 2.02. The predicted molar refractivity (Wildman–Crippen MR) is 96.8 cm³/mol. The minimum atomic E-state index is -0.429. The average Bonchev–Trinajstić information content (AvgIpc) is 3.04. The minimum absolute atomic E-state index is 0.0288. The van der Waals surface area contributed by atoms with Gasteiger partial charge in [0, 0.05) is 6.08 Å². The molecule has 0 aliphatic carbocycles. The number of aryl methyl sites for hydroxylation is 1. The first-order chi connectivity index (χ1) is 12.0. The number of amides is 2. The van der Waals surface area contributed by atoms with E-state index in [2.05, 4.69) is 16.2 Å². The van der Waals surface area contributed by atoms with Crippen molar-refractivity contribution in [1.82, 2.24) is 16.2 Å². The average molecular weight is 359 g/mol. The van der Waals surface area contributed by atoms with Crippen LogP contribution in [-0.2, 0) is 4.79 Å². The van der Waals surface area contributed by atoms with Gasteiger partial charge in [0.1, 0.15) is 11.5 Å². The van der Waals surface area contributed by atoms with Crippen LogP contribution in [0.4, 0.5) is 0 Å². The summed E-state index contributed by atoms with van der Waals surface area (Å²) < 4.78 is 10.1. The van der Waals surface area contributed by atoms with E-state index in [1.807, 2.05) is 12.1 Å². The second kappa shape index (κ2) is 8.65. The normalized spacial score (nSPS) is 10.3. The van der Waals surface area contributed by atoms with Crippen LogP contribution >= 0.6 is 12.2 Å². The van der Waals surface area contributed by atoms with Gasteiger partial charge in [-0.25, -0.2) is 0 Å². The van der Waals surface area contributed by atoms with E-state index in [0.29, 0.717) is 11.3 Å². The molecule has 2 aromatic rings. The molecule has 0 saturated carbocycles. The molecule has 25 heavy (non-hydrogen) atoms. The van der Waals surface area contributed by atoms with Crippen LogP contribution in [0.1, 0.15) is 21.7 Å². The van der Waals surface area contributed by atoms with Crippen LogP contribution < -0.4 is 20.9 Å². The van der Waals surface area contributed by atoms with Crippen LogP contribution in [0.5, 0.6) is 5.75 Å². The van der Waals surface area contributed by atoms with Gasteiger partial charge in [0.05, 0.1) is 18.9 Å². The molecular weight excluding hydrogens is 342 g/mol. The van der Waals surface area contributed by atoms with Crippen molar-refractivity contribution in [1.29, 1.82) is 0 Å². The third-order valence-corrected chi connectivity index (χ3v) is 3.38. The first kappa shape index (κ1) is 18.2. The van der Waals surface area contributed by atoms with Crippen molar-refractivity contribution in [3.05, 3.63) is 59.6 Å². The van der Waals surface area contributed by atoms with Crippen molar-refractivity contribution >= 4 is 35.2 Å². The zero-order valence-electron chi connectivity index (χ0n) is 13.7. The summed E-state index contributed by atoms with van der Waals surface area (Å²) in [5.74, 6) is 0.367. The molecule has 1 aromatic heterocycles. The highest BCUT2D eigenvalue weighted by molar-refractivity contribution is 7.80. The molecule has 8 heteroatoms. The van der Waals surface area contributed by atoms with E-state index in [1.54, 1.807) is 32.2 Å². The minimum Gasteiger partial charge on any atom is -0.497 e. The molecule has 0 spiro atoms. The first-order valence-corrected chi connectivity index (χ1v) is 7.68. The zero-order chi connectivity index (χ0) is 18.2. The third-order valence-electron chi connectivity index (χ3n) is 3.17. The molecule has 0 fully saturated rings. The lowest BCUT2D eigenvalue weighted by atomic mass is 10.2. The summed E-state index contributed by atoms with van der Waals surface area (Å²) in [6.07, 6.45) is 4.37. The van der Waals surface area contributed by atoms with Crippen LogP contribution in [0, 0.1) is 6.92 Å². The van der Waals surface area contributed by atoms with E-state index in [-0.39, 0.29) is 5.11 Å². The van der Waals surface area contributed by atoms with Crippen molar-refractivity contribution in [3.63, 3.8) is 0 Å². The zero-order valence-corrected chi connectivity index (χ0v) is 14.5. The summed E-state index contributed by atoms with van der Waals surface area (Å²) in [6.45, 7) is 1.67. The number of methoxy groups -OCH3 is 1. The van der Waals surface area contributed by atoms with Gasteiger partial charge < -0.3 is 9.15 Å². The number of carbonyl (C=O) groups is 2. The van der Waals surface area contributed by atoms with Crippen LogP contribution in [0.15, 0.2) is 47.1 Å². The van der Waals surface area contributed by atoms with Gasteiger partial charge in [-0.05, 0) is 49.0 Å². The maximum atomic E-state index is 11.8. The van der Waals surface area contributed by atoms with Crippen molar-refractivity contribution in [2.45, 2.75) is 6.92 Å². The highest BCUT2D eigenvalue weighted by Crippen LogP contribution is 2.12. The Morgan fingerprint density at radius 3 is 2.48 bits per heavy atom. The number of hydrazine groups is 1. The van der Waals surface area contributed by atoms with Crippen molar-refractivity contribution in [2.75, 3.05) is 7.11 Å².